The van der Waals surface area contributed by atoms with Gasteiger partial charge in [-0.1, -0.05) is 0 Å². The Morgan fingerprint density at radius 3 is 2.26 bits per heavy atom. The molecule has 1 atom stereocenters. The third-order valence-corrected chi connectivity index (χ3v) is 2.58. The molecule has 0 aliphatic carbocycles. The molecule has 0 heterocycles. The van der Waals surface area contributed by atoms with E-state index in [0.29, 0.717) is 0 Å². The Bertz CT molecular complexity index is 509. The van der Waals surface area contributed by atoms with Crippen molar-refractivity contribution in [1.29, 1.82) is 0 Å². The van der Waals surface area contributed by atoms with Gasteiger partial charge in [-0.15, -0.1) is 0 Å². The summed E-state index contributed by atoms with van der Waals surface area (Å²) in [4.78, 5) is 32.7. The quantitative estimate of drug-likeness (QED) is 0.483. The number of ether oxygens (including phenoxy) is 1. The van der Waals surface area contributed by atoms with Crippen LogP contribution >= 0.6 is 0 Å². The van der Waals surface area contributed by atoms with Crippen molar-refractivity contribution in [2.45, 2.75) is 18.9 Å². The second-order valence-corrected chi connectivity index (χ2v) is 4.03. The van der Waals surface area contributed by atoms with E-state index in [9.17, 15) is 24.8 Å². The summed E-state index contributed by atoms with van der Waals surface area (Å²) in [7, 11) is 1.08. The standard InChI is InChI=1S/C12H13NO6/c1-8(14)7-12(16,11(15)19-2)9-3-5-10(6-4-9)13(17)18/h3-6,16H,7H2,1-2H3/t12-/m1/s1. The molecule has 0 saturated carbocycles. The Morgan fingerprint density at radius 1 is 1.37 bits per heavy atom. The molecule has 1 rings (SSSR count). The second kappa shape index (κ2) is 5.57. The number of hydrogen-bond acceptors (Lipinski definition) is 6. The van der Waals surface area contributed by atoms with Crippen LogP contribution in [0.1, 0.15) is 18.9 Å². The largest absolute Gasteiger partial charge is 0.467 e. The zero-order valence-corrected chi connectivity index (χ0v) is 10.5. The molecular weight excluding hydrogens is 254 g/mol. The van der Waals surface area contributed by atoms with Crippen molar-refractivity contribution < 1.29 is 24.4 Å². The molecule has 1 aromatic rings. The highest BCUT2D eigenvalue weighted by atomic mass is 16.6. The van der Waals surface area contributed by atoms with Gasteiger partial charge in [0.15, 0.2) is 5.60 Å². The molecule has 0 bridgehead atoms. The van der Waals surface area contributed by atoms with E-state index in [2.05, 4.69) is 4.74 Å². The van der Waals surface area contributed by atoms with Gasteiger partial charge in [0.25, 0.3) is 5.69 Å². The summed E-state index contributed by atoms with van der Waals surface area (Å²) in [5.74, 6) is -1.40. The van der Waals surface area contributed by atoms with Crippen LogP contribution in [-0.4, -0.2) is 28.9 Å². The fraction of sp³-hybridized carbons (Fsp3) is 0.333. The zero-order chi connectivity index (χ0) is 14.6. The van der Waals surface area contributed by atoms with Crippen LogP contribution in [0, 0.1) is 10.1 Å². The Morgan fingerprint density at radius 2 is 1.89 bits per heavy atom. The summed E-state index contributed by atoms with van der Waals surface area (Å²) >= 11 is 0. The number of non-ortho nitro benzene ring substituents is 1. The molecule has 7 nitrogen and oxygen atoms in total. The van der Waals surface area contributed by atoms with E-state index in [-0.39, 0.29) is 11.3 Å². The molecule has 0 amide bonds. The molecule has 0 aliphatic rings. The summed E-state index contributed by atoms with van der Waals surface area (Å²) in [6.45, 7) is 1.22. The van der Waals surface area contributed by atoms with E-state index < -0.39 is 28.7 Å². The smallest absolute Gasteiger partial charge is 0.343 e. The molecule has 0 saturated heterocycles. The summed E-state index contributed by atoms with van der Waals surface area (Å²) < 4.78 is 4.47. The molecule has 0 spiro atoms. The molecule has 0 fully saturated rings. The van der Waals surface area contributed by atoms with Crippen molar-refractivity contribution in [1.82, 2.24) is 0 Å². The van der Waals surface area contributed by atoms with Crippen molar-refractivity contribution >= 4 is 17.4 Å². The first-order chi connectivity index (χ1) is 8.81. The summed E-state index contributed by atoms with van der Waals surface area (Å²) in [5, 5.41) is 20.8. The number of carbonyl (C=O) groups is 2. The molecule has 0 unspecified atom stereocenters. The summed E-state index contributed by atoms with van der Waals surface area (Å²) in [5.41, 5.74) is -2.24. The third kappa shape index (κ3) is 3.14. The van der Waals surface area contributed by atoms with E-state index in [4.69, 9.17) is 0 Å². The number of nitro benzene ring substituents is 1. The van der Waals surface area contributed by atoms with Gasteiger partial charge in [0.2, 0.25) is 0 Å². The number of Topliss-reactive ketones (excluding diaryl/α,β-unsaturated/α-hetero) is 1. The van der Waals surface area contributed by atoms with E-state index in [1.54, 1.807) is 0 Å². The number of aliphatic hydroxyl groups is 1. The molecule has 0 radical (unpaired) electrons. The first-order valence-electron chi connectivity index (χ1n) is 5.36. The van der Waals surface area contributed by atoms with E-state index in [1.807, 2.05) is 0 Å². The number of benzene rings is 1. The first-order valence-corrected chi connectivity index (χ1v) is 5.36. The average Bonchev–Trinajstić information content (AvgIpc) is 2.36. The zero-order valence-electron chi connectivity index (χ0n) is 10.5. The van der Waals surface area contributed by atoms with Crippen LogP contribution in [0.2, 0.25) is 0 Å². The molecule has 0 aromatic heterocycles. The lowest BCUT2D eigenvalue weighted by Gasteiger charge is -2.24. The number of hydrogen-bond donors (Lipinski definition) is 1. The fourth-order valence-electron chi connectivity index (χ4n) is 1.68. The lowest BCUT2D eigenvalue weighted by molar-refractivity contribution is -0.384. The van der Waals surface area contributed by atoms with Gasteiger partial charge in [0.1, 0.15) is 5.78 Å². The Labute approximate surface area is 109 Å². The first kappa shape index (κ1) is 14.8. The highest BCUT2D eigenvalue weighted by molar-refractivity contribution is 5.88. The predicted octanol–water partition coefficient (Wildman–Crippen LogP) is 0.935. The SMILES string of the molecule is COC(=O)[C@@](O)(CC(C)=O)c1ccc([N+](=O)[O-])cc1. The van der Waals surface area contributed by atoms with Crippen LogP contribution in [0.5, 0.6) is 0 Å². The maximum atomic E-state index is 11.6. The minimum atomic E-state index is -2.13. The van der Waals surface area contributed by atoms with Gasteiger partial charge in [-0.2, -0.15) is 0 Å². The molecule has 1 aromatic carbocycles. The molecule has 19 heavy (non-hydrogen) atoms. The highest BCUT2D eigenvalue weighted by Gasteiger charge is 2.40. The molecule has 0 aliphatic heterocycles. The average molecular weight is 267 g/mol. The number of rotatable bonds is 5. The van der Waals surface area contributed by atoms with Crippen molar-refractivity contribution in [2.75, 3.05) is 7.11 Å². The van der Waals surface area contributed by atoms with Crippen LogP contribution in [0.3, 0.4) is 0 Å². The number of methoxy groups -OCH3 is 1. The molecule has 1 N–H and O–H groups in total. The molecule has 102 valence electrons. The Balaban J connectivity index is 3.21. The third-order valence-electron chi connectivity index (χ3n) is 2.58. The van der Waals surface area contributed by atoms with Crippen LogP contribution in [0.25, 0.3) is 0 Å². The van der Waals surface area contributed by atoms with E-state index in [1.165, 1.54) is 19.1 Å². The normalized spacial score (nSPS) is 13.4. The minimum absolute atomic E-state index is 0.0696. The van der Waals surface area contributed by atoms with Crippen LogP contribution in [0.4, 0.5) is 5.69 Å². The molecular formula is C12H13NO6. The fourth-order valence-corrected chi connectivity index (χ4v) is 1.68. The van der Waals surface area contributed by atoms with Crippen molar-refractivity contribution in [3.05, 3.63) is 39.9 Å². The van der Waals surface area contributed by atoms with Crippen LogP contribution in [-0.2, 0) is 19.9 Å². The maximum Gasteiger partial charge on any atom is 0.343 e. The van der Waals surface area contributed by atoms with Crippen molar-refractivity contribution in [2.24, 2.45) is 0 Å². The lowest BCUT2D eigenvalue weighted by atomic mass is 9.89. The van der Waals surface area contributed by atoms with Gasteiger partial charge in [0.05, 0.1) is 12.0 Å². The number of nitrogens with zero attached hydrogens (tertiary/aromatic N) is 1. The van der Waals surface area contributed by atoms with Gasteiger partial charge in [-0.25, -0.2) is 4.79 Å². The maximum absolute atomic E-state index is 11.6. The van der Waals surface area contributed by atoms with Gasteiger partial charge < -0.3 is 9.84 Å². The predicted molar refractivity (Wildman–Crippen MR) is 64.3 cm³/mol. The number of esters is 1. The van der Waals surface area contributed by atoms with Crippen molar-refractivity contribution in [3.63, 3.8) is 0 Å². The van der Waals surface area contributed by atoms with Crippen molar-refractivity contribution in [3.8, 4) is 0 Å². The van der Waals surface area contributed by atoms with Crippen LogP contribution < -0.4 is 0 Å². The lowest BCUT2D eigenvalue weighted by Crippen LogP contribution is -2.38. The van der Waals surface area contributed by atoms with E-state index >= 15 is 0 Å². The number of carbonyl (C=O) groups excluding carboxylic acids is 2. The summed E-state index contributed by atoms with van der Waals surface area (Å²) in [6, 6.07) is 4.72. The number of nitro groups is 1. The monoisotopic (exact) mass is 267 g/mol. The topological polar surface area (TPSA) is 107 Å². The minimum Gasteiger partial charge on any atom is -0.467 e. The van der Waals surface area contributed by atoms with Crippen LogP contribution in [0.15, 0.2) is 24.3 Å². The van der Waals surface area contributed by atoms with Gasteiger partial charge in [-0.3, -0.25) is 14.9 Å². The van der Waals surface area contributed by atoms with Gasteiger partial charge >= 0.3 is 5.97 Å². The van der Waals surface area contributed by atoms with Gasteiger partial charge in [-0.05, 0) is 24.6 Å². The van der Waals surface area contributed by atoms with Gasteiger partial charge in [0, 0.05) is 18.6 Å². The Kier molecular flexibility index (Phi) is 4.34. The van der Waals surface area contributed by atoms with E-state index in [0.717, 1.165) is 19.2 Å². The number of ketones is 1. The second-order valence-electron chi connectivity index (χ2n) is 4.03. The highest BCUT2D eigenvalue weighted by Crippen LogP contribution is 2.28. The summed E-state index contributed by atoms with van der Waals surface area (Å²) in [6.07, 6.45) is -0.461. The molecule has 7 heteroatoms. The Hall–Kier alpha value is -2.28.